The summed E-state index contributed by atoms with van der Waals surface area (Å²) in [4.78, 5) is 32.3. The number of carbonyl (C=O) groups is 3. The Hall–Kier alpha value is -1.66. The van der Waals surface area contributed by atoms with Gasteiger partial charge in [-0.2, -0.15) is 0 Å². The Morgan fingerprint density at radius 3 is 2.00 bits per heavy atom. The van der Waals surface area contributed by atoms with E-state index >= 15 is 0 Å². The highest BCUT2D eigenvalue weighted by Gasteiger charge is 2.31. The van der Waals surface area contributed by atoms with Crippen LogP contribution in [0.1, 0.15) is 13.8 Å². The molecule has 0 radical (unpaired) electrons. The van der Waals surface area contributed by atoms with Crippen molar-refractivity contribution in [3.05, 3.63) is 0 Å². The normalized spacial score (nSPS) is 15.9. The molecule has 0 aliphatic rings. The molecule has 0 aliphatic carbocycles. The molecule has 92 valence electrons. The monoisotopic (exact) mass is 235 g/mol. The van der Waals surface area contributed by atoms with Crippen molar-refractivity contribution in [2.45, 2.75) is 19.9 Å². The fourth-order valence-electron chi connectivity index (χ4n) is 1.00. The Morgan fingerprint density at radius 1 is 1.19 bits per heavy atom. The molecule has 3 N–H and O–H groups in total. The predicted molar refractivity (Wildman–Crippen MR) is 51.5 cm³/mol. The van der Waals surface area contributed by atoms with Crippen molar-refractivity contribution in [2.75, 3.05) is 6.67 Å². The summed E-state index contributed by atoms with van der Waals surface area (Å²) in [5.74, 6) is -6.04. The minimum Gasteiger partial charge on any atom is -0.481 e. The first-order chi connectivity index (χ1) is 7.31. The van der Waals surface area contributed by atoms with Gasteiger partial charge in [0.2, 0.25) is 5.91 Å². The SMILES string of the molecule is CC(C(=O)N[C@@H](C)C(=O)O)C(CF)C(=O)O. The van der Waals surface area contributed by atoms with Crippen LogP contribution < -0.4 is 5.32 Å². The second-order valence-electron chi connectivity index (χ2n) is 3.46. The highest BCUT2D eigenvalue weighted by molar-refractivity contribution is 5.87. The van der Waals surface area contributed by atoms with Gasteiger partial charge in [0.25, 0.3) is 0 Å². The van der Waals surface area contributed by atoms with Crippen molar-refractivity contribution in [3.63, 3.8) is 0 Å². The first kappa shape index (κ1) is 14.3. The Balaban J connectivity index is 4.48. The molecule has 1 amide bonds. The van der Waals surface area contributed by atoms with Crippen LogP contribution in [0.15, 0.2) is 0 Å². The summed E-state index contributed by atoms with van der Waals surface area (Å²) in [6.07, 6.45) is 0. The van der Waals surface area contributed by atoms with Crippen LogP contribution in [0.25, 0.3) is 0 Å². The number of hydrogen-bond donors (Lipinski definition) is 3. The number of rotatable bonds is 6. The second kappa shape index (κ2) is 6.04. The van der Waals surface area contributed by atoms with Crippen molar-refractivity contribution in [1.29, 1.82) is 0 Å². The number of hydrogen-bond acceptors (Lipinski definition) is 3. The van der Waals surface area contributed by atoms with E-state index in [9.17, 15) is 18.8 Å². The highest BCUT2D eigenvalue weighted by Crippen LogP contribution is 2.13. The summed E-state index contributed by atoms with van der Waals surface area (Å²) in [6, 6.07) is -1.14. The summed E-state index contributed by atoms with van der Waals surface area (Å²) in [7, 11) is 0. The molecular formula is C9H14FNO5. The Labute approximate surface area is 91.4 Å². The maximum absolute atomic E-state index is 12.3. The molecule has 0 aromatic heterocycles. The number of aliphatic carboxylic acids is 2. The second-order valence-corrected chi connectivity index (χ2v) is 3.46. The molecule has 0 spiro atoms. The zero-order valence-electron chi connectivity index (χ0n) is 8.94. The molecule has 0 aromatic carbocycles. The van der Waals surface area contributed by atoms with Crippen molar-refractivity contribution >= 4 is 17.8 Å². The molecule has 3 atom stereocenters. The first-order valence-corrected chi connectivity index (χ1v) is 4.63. The number of carboxylic acids is 2. The lowest BCUT2D eigenvalue weighted by Crippen LogP contribution is -2.44. The lowest BCUT2D eigenvalue weighted by molar-refractivity contribution is -0.148. The van der Waals surface area contributed by atoms with Crippen LogP contribution in [0, 0.1) is 11.8 Å². The summed E-state index contributed by atoms with van der Waals surface area (Å²) in [5.41, 5.74) is 0. The molecule has 0 aromatic rings. The third-order valence-corrected chi connectivity index (χ3v) is 2.23. The molecule has 0 heterocycles. The van der Waals surface area contributed by atoms with Gasteiger partial charge in [-0.1, -0.05) is 6.92 Å². The summed E-state index contributed by atoms with van der Waals surface area (Å²) in [5, 5.41) is 19.2. The van der Waals surface area contributed by atoms with Crippen LogP contribution in [-0.2, 0) is 14.4 Å². The average Bonchev–Trinajstić information content (AvgIpc) is 2.17. The molecule has 0 bridgehead atoms. The van der Waals surface area contributed by atoms with Crippen molar-refractivity contribution in [2.24, 2.45) is 11.8 Å². The van der Waals surface area contributed by atoms with Crippen LogP contribution in [0.3, 0.4) is 0 Å². The number of carboxylic acid groups (broad SMARTS) is 2. The maximum atomic E-state index is 12.3. The van der Waals surface area contributed by atoms with E-state index in [1.807, 2.05) is 0 Å². The summed E-state index contributed by atoms with van der Waals surface area (Å²) in [6.45, 7) is 1.30. The molecular weight excluding hydrogens is 221 g/mol. The number of alkyl halides is 1. The van der Waals surface area contributed by atoms with E-state index < -0.39 is 42.4 Å². The van der Waals surface area contributed by atoms with Gasteiger partial charge < -0.3 is 15.5 Å². The van der Waals surface area contributed by atoms with E-state index in [1.165, 1.54) is 13.8 Å². The molecule has 16 heavy (non-hydrogen) atoms. The highest BCUT2D eigenvalue weighted by atomic mass is 19.1. The van der Waals surface area contributed by atoms with E-state index in [4.69, 9.17) is 10.2 Å². The lowest BCUT2D eigenvalue weighted by Gasteiger charge is -2.18. The van der Waals surface area contributed by atoms with E-state index in [0.29, 0.717) is 0 Å². The Morgan fingerprint density at radius 2 is 1.69 bits per heavy atom. The van der Waals surface area contributed by atoms with Crippen LogP contribution in [-0.4, -0.2) is 40.8 Å². The van der Waals surface area contributed by atoms with Gasteiger partial charge in [-0.15, -0.1) is 0 Å². The summed E-state index contributed by atoms with van der Waals surface area (Å²) < 4.78 is 12.3. The van der Waals surface area contributed by atoms with E-state index in [2.05, 4.69) is 5.32 Å². The van der Waals surface area contributed by atoms with Gasteiger partial charge in [0.05, 0.1) is 11.8 Å². The molecule has 0 saturated carbocycles. The van der Waals surface area contributed by atoms with Gasteiger partial charge in [0.1, 0.15) is 12.7 Å². The Bertz CT molecular complexity index is 294. The largest absolute Gasteiger partial charge is 0.481 e. The fraction of sp³-hybridized carbons (Fsp3) is 0.667. The van der Waals surface area contributed by atoms with Crippen molar-refractivity contribution < 1.29 is 29.0 Å². The third kappa shape index (κ3) is 3.84. The van der Waals surface area contributed by atoms with Crippen LogP contribution in [0.2, 0.25) is 0 Å². The average molecular weight is 235 g/mol. The van der Waals surface area contributed by atoms with Gasteiger partial charge in [-0.25, -0.2) is 0 Å². The molecule has 6 nitrogen and oxygen atoms in total. The zero-order valence-corrected chi connectivity index (χ0v) is 8.94. The zero-order chi connectivity index (χ0) is 12.9. The van der Waals surface area contributed by atoms with Crippen LogP contribution in [0.5, 0.6) is 0 Å². The quantitative estimate of drug-likeness (QED) is 0.595. The topological polar surface area (TPSA) is 104 Å². The standard InChI is InChI=1S/C9H14FNO5/c1-4(6(3-10)9(15)16)7(12)11-5(2)8(13)14/h4-6H,3H2,1-2H3,(H,11,12)(H,13,14)(H,15,16)/t4?,5-,6?/m0/s1. The third-order valence-electron chi connectivity index (χ3n) is 2.23. The number of amides is 1. The lowest BCUT2D eigenvalue weighted by atomic mass is 9.94. The van der Waals surface area contributed by atoms with Crippen molar-refractivity contribution in [1.82, 2.24) is 5.32 Å². The predicted octanol–water partition coefficient (Wildman–Crippen LogP) is -0.118. The molecule has 7 heteroatoms. The minimum atomic E-state index is -1.46. The molecule has 0 rings (SSSR count). The van der Waals surface area contributed by atoms with Gasteiger partial charge >= 0.3 is 11.9 Å². The molecule has 0 saturated heterocycles. The van der Waals surface area contributed by atoms with Gasteiger partial charge in [0, 0.05) is 0 Å². The molecule has 0 aliphatic heterocycles. The van der Waals surface area contributed by atoms with Crippen LogP contribution in [0.4, 0.5) is 4.39 Å². The first-order valence-electron chi connectivity index (χ1n) is 4.63. The fourth-order valence-corrected chi connectivity index (χ4v) is 1.00. The minimum absolute atomic E-state index is 0.792. The Kier molecular flexibility index (Phi) is 5.41. The smallest absolute Gasteiger partial charge is 0.325 e. The van der Waals surface area contributed by atoms with Crippen molar-refractivity contribution in [3.8, 4) is 0 Å². The number of halogens is 1. The number of carbonyl (C=O) groups excluding carboxylic acids is 1. The van der Waals surface area contributed by atoms with E-state index in [0.717, 1.165) is 0 Å². The number of nitrogens with one attached hydrogen (secondary N) is 1. The summed E-state index contributed by atoms with van der Waals surface area (Å²) >= 11 is 0. The van der Waals surface area contributed by atoms with Gasteiger partial charge in [-0.3, -0.25) is 18.8 Å². The van der Waals surface area contributed by atoms with E-state index in [1.54, 1.807) is 0 Å². The van der Waals surface area contributed by atoms with Gasteiger partial charge in [-0.05, 0) is 6.92 Å². The molecule has 0 fully saturated rings. The van der Waals surface area contributed by atoms with Gasteiger partial charge in [0.15, 0.2) is 0 Å². The maximum Gasteiger partial charge on any atom is 0.325 e. The van der Waals surface area contributed by atoms with Crippen LogP contribution >= 0.6 is 0 Å². The molecule has 2 unspecified atom stereocenters. The van der Waals surface area contributed by atoms with E-state index in [-0.39, 0.29) is 0 Å².